The van der Waals surface area contributed by atoms with Gasteiger partial charge in [-0.1, -0.05) is 19.1 Å². The maximum Gasteiger partial charge on any atom is 0.258 e. The molecule has 1 fully saturated rings. The highest BCUT2D eigenvalue weighted by Gasteiger charge is 2.33. The summed E-state index contributed by atoms with van der Waals surface area (Å²) in [6, 6.07) is 9.21. The zero-order valence-electron chi connectivity index (χ0n) is 9.64. The van der Waals surface area contributed by atoms with Crippen molar-refractivity contribution in [1.82, 2.24) is 5.32 Å². The second kappa shape index (κ2) is 4.88. The van der Waals surface area contributed by atoms with Gasteiger partial charge < -0.3 is 10.1 Å². The highest BCUT2D eigenvalue weighted by atomic mass is 16.5. The normalized spacial score (nSPS) is 21.4. The van der Waals surface area contributed by atoms with Gasteiger partial charge in [0.15, 0.2) is 6.61 Å². The molecule has 2 unspecified atom stereocenters. The van der Waals surface area contributed by atoms with Gasteiger partial charge >= 0.3 is 0 Å². The van der Waals surface area contributed by atoms with Gasteiger partial charge in [-0.2, -0.15) is 5.26 Å². The van der Waals surface area contributed by atoms with E-state index in [9.17, 15) is 4.79 Å². The minimum absolute atomic E-state index is 0.0398. The maximum absolute atomic E-state index is 11.5. The van der Waals surface area contributed by atoms with E-state index >= 15 is 0 Å². The van der Waals surface area contributed by atoms with Crippen LogP contribution < -0.4 is 10.1 Å². The molecule has 0 aliphatic heterocycles. The lowest BCUT2D eigenvalue weighted by Gasteiger charge is -2.07. The number of hydrogen-bond acceptors (Lipinski definition) is 3. The topological polar surface area (TPSA) is 62.1 Å². The SMILES string of the molecule is CC1CC1NC(=O)COc1ccccc1C#N. The molecule has 0 heterocycles. The molecule has 1 aromatic rings. The first-order chi connectivity index (χ1) is 8.20. The summed E-state index contributed by atoms with van der Waals surface area (Å²) in [5, 5.41) is 11.7. The molecular weight excluding hydrogens is 216 g/mol. The molecular formula is C13H14N2O2. The Hall–Kier alpha value is -2.02. The summed E-state index contributed by atoms with van der Waals surface area (Å²) in [7, 11) is 0. The number of amides is 1. The number of carbonyl (C=O) groups is 1. The quantitative estimate of drug-likeness (QED) is 0.851. The van der Waals surface area contributed by atoms with Crippen LogP contribution >= 0.6 is 0 Å². The third-order valence-corrected chi connectivity index (χ3v) is 2.82. The Labute approximate surface area is 100 Å². The highest BCUT2D eigenvalue weighted by Crippen LogP contribution is 2.28. The van der Waals surface area contributed by atoms with E-state index in [0.717, 1.165) is 6.42 Å². The van der Waals surface area contributed by atoms with Crippen molar-refractivity contribution in [3.05, 3.63) is 29.8 Å². The molecule has 1 N–H and O–H groups in total. The summed E-state index contributed by atoms with van der Waals surface area (Å²) in [5.41, 5.74) is 0.445. The Kier molecular flexibility index (Phi) is 3.29. The van der Waals surface area contributed by atoms with Crippen molar-refractivity contribution in [3.63, 3.8) is 0 Å². The predicted molar refractivity (Wildman–Crippen MR) is 62.4 cm³/mol. The summed E-state index contributed by atoms with van der Waals surface area (Å²) in [4.78, 5) is 11.5. The number of nitrogens with one attached hydrogen (secondary N) is 1. The molecule has 88 valence electrons. The van der Waals surface area contributed by atoms with E-state index in [2.05, 4.69) is 12.2 Å². The van der Waals surface area contributed by atoms with Crippen LogP contribution in [0.1, 0.15) is 18.9 Å². The second-order valence-electron chi connectivity index (χ2n) is 4.28. The summed E-state index contributed by atoms with van der Waals surface area (Å²) in [5.74, 6) is 0.895. The Bertz CT molecular complexity index is 465. The number of para-hydroxylation sites is 1. The number of nitriles is 1. The first-order valence-electron chi connectivity index (χ1n) is 5.62. The maximum atomic E-state index is 11.5. The number of benzene rings is 1. The lowest BCUT2D eigenvalue weighted by molar-refractivity contribution is -0.123. The van der Waals surface area contributed by atoms with Crippen LogP contribution in [0.2, 0.25) is 0 Å². The van der Waals surface area contributed by atoms with E-state index in [1.807, 2.05) is 6.07 Å². The van der Waals surface area contributed by atoms with E-state index in [0.29, 0.717) is 23.3 Å². The van der Waals surface area contributed by atoms with Gasteiger partial charge in [-0.3, -0.25) is 4.79 Å². The summed E-state index contributed by atoms with van der Waals surface area (Å²) in [6.07, 6.45) is 1.04. The van der Waals surface area contributed by atoms with E-state index < -0.39 is 0 Å². The monoisotopic (exact) mass is 230 g/mol. The van der Waals surface area contributed by atoms with Crippen LogP contribution in [0.5, 0.6) is 5.75 Å². The Morgan fingerprint density at radius 3 is 2.94 bits per heavy atom. The summed E-state index contributed by atoms with van der Waals surface area (Å²) >= 11 is 0. The van der Waals surface area contributed by atoms with Crippen LogP contribution in [-0.4, -0.2) is 18.6 Å². The zero-order chi connectivity index (χ0) is 12.3. The van der Waals surface area contributed by atoms with Crippen LogP contribution in [0.25, 0.3) is 0 Å². The van der Waals surface area contributed by atoms with Crippen LogP contribution in [-0.2, 0) is 4.79 Å². The molecule has 1 aliphatic carbocycles. The average molecular weight is 230 g/mol. The van der Waals surface area contributed by atoms with E-state index in [-0.39, 0.29) is 12.5 Å². The van der Waals surface area contributed by atoms with Gasteiger partial charge in [0.25, 0.3) is 5.91 Å². The van der Waals surface area contributed by atoms with Gasteiger partial charge in [-0.25, -0.2) is 0 Å². The van der Waals surface area contributed by atoms with Gasteiger partial charge in [0.1, 0.15) is 11.8 Å². The second-order valence-corrected chi connectivity index (χ2v) is 4.28. The number of rotatable bonds is 4. The number of carbonyl (C=O) groups excluding carboxylic acids is 1. The predicted octanol–water partition coefficient (Wildman–Crippen LogP) is 1.46. The van der Waals surface area contributed by atoms with Crippen molar-refractivity contribution < 1.29 is 9.53 Å². The van der Waals surface area contributed by atoms with E-state index in [1.54, 1.807) is 24.3 Å². The largest absolute Gasteiger partial charge is 0.482 e. The summed E-state index contributed by atoms with van der Waals surface area (Å²) < 4.78 is 5.32. The molecule has 1 saturated carbocycles. The zero-order valence-corrected chi connectivity index (χ0v) is 9.64. The van der Waals surface area contributed by atoms with Crippen molar-refractivity contribution >= 4 is 5.91 Å². The lowest BCUT2D eigenvalue weighted by Crippen LogP contribution is -2.31. The van der Waals surface area contributed by atoms with Crippen LogP contribution in [0.15, 0.2) is 24.3 Å². The fourth-order valence-electron chi connectivity index (χ4n) is 1.60. The number of hydrogen-bond donors (Lipinski definition) is 1. The highest BCUT2D eigenvalue weighted by molar-refractivity contribution is 5.78. The molecule has 2 atom stereocenters. The van der Waals surface area contributed by atoms with Crippen molar-refractivity contribution in [2.24, 2.45) is 5.92 Å². The van der Waals surface area contributed by atoms with Gasteiger partial charge in [0.2, 0.25) is 0 Å². The van der Waals surface area contributed by atoms with Crippen molar-refractivity contribution in [2.45, 2.75) is 19.4 Å². The molecule has 1 aliphatic rings. The Morgan fingerprint density at radius 2 is 2.29 bits per heavy atom. The van der Waals surface area contributed by atoms with Gasteiger partial charge in [0.05, 0.1) is 5.56 Å². The molecule has 0 bridgehead atoms. The molecule has 4 heteroatoms. The van der Waals surface area contributed by atoms with Crippen LogP contribution in [0, 0.1) is 17.2 Å². The first-order valence-corrected chi connectivity index (χ1v) is 5.62. The molecule has 0 spiro atoms. The fraction of sp³-hybridized carbons (Fsp3) is 0.385. The number of nitrogens with zero attached hydrogens (tertiary/aromatic N) is 1. The minimum Gasteiger partial charge on any atom is -0.482 e. The molecule has 0 aromatic heterocycles. The van der Waals surface area contributed by atoms with Crippen molar-refractivity contribution in [1.29, 1.82) is 5.26 Å². The van der Waals surface area contributed by atoms with Crippen molar-refractivity contribution in [3.8, 4) is 11.8 Å². The van der Waals surface area contributed by atoms with Crippen LogP contribution in [0.4, 0.5) is 0 Å². The molecule has 1 aromatic carbocycles. The number of ether oxygens (including phenoxy) is 1. The molecule has 1 amide bonds. The first kappa shape index (κ1) is 11.5. The average Bonchev–Trinajstić information content (AvgIpc) is 3.02. The Balaban J connectivity index is 1.85. The lowest BCUT2D eigenvalue weighted by atomic mass is 10.2. The van der Waals surface area contributed by atoms with Crippen molar-refractivity contribution in [2.75, 3.05) is 6.61 Å². The van der Waals surface area contributed by atoms with E-state index in [4.69, 9.17) is 10.00 Å². The summed E-state index contributed by atoms with van der Waals surface area (Å²) in [6.45, 7) is 2.05. The fourth-order valence-corrected chi connectivity index (χ4v) is 1.60. The van der Waals surface area contributed by atoms with E-state index in [1.165, 1.54) is 0 Å². The molecule has 2 rings (SSSR count). The van der Waals surface area contributed by atoms with Gasteiger partial charge in [-0.15, -0.1) is 0 Å². The smallest absolute Gasteiger partial charge is 0.258 e. The van der Waals surface area contributed by atoms with Crippen LogP contribution in [0.3, 0.4) is 0 Å². The molecule has 0 radical (unpaired) electrons. The third-order valence-electron chi connectivity index (χ3n) is 2.82. The standard InChI is InChI=1S/C13H14N2O2/c1-9-6-11(9)15-13(16)8-17-12-5-3-2-4-10(12)7-14/h2-5,9,11H,6,8H2,1H3,(H,15,16). The minimum atomic E-state index is -0.132. The molecule has 0 saturated heterocycles. The molecule has 17 heavy (non-hydrogen) atoms. The van der Waals surface area contributed by atoms with Gasteiger partial charge in [-0.05, 0) is 24.5 Å². The third kappa shape index (κ3) is 2.97. The van der Waals surface area contributed by atoms with Gasteiger partial charge in [0, 0.05) is 6.04 Å². The Morgan fingerprint density at radius 1 is 1.59 bits per heavy atom. The molecule has 4 nitrogen and oxygen atoms in total.